The van der Waals surface area contributed by atoms with Gasteiger partial charge in [-0.05, 0) is 25.1 Å². The van der Waals surface area contributed by atoms with E-state index in [-0.39, 0.29) is 0 Å². The number of ether oxygens (including phenoxy) is 1. The van der Waals surface area contributed by atoms with Gasteiger partial charge in [-0.2, -0.15) is 0 Å². The molecule has 0 aromatic heterocycles. The molecule has 0 amide bonds. The highest BCUT2D eigenvalue weighted by molar-refractivity contribution is 5.78. The Morgan fingerprint density at radius 1 is 1.22 bits per heavy atom. The van der Waals surface area contributed by atoms with Crippen LogP contribution in [0.2, 0.25) is 0 Å². The van der Waals surface area contributed by atoms with Gasteiger partial charge in [0.15, 0.2) is 5.96 Å². The normalized spacial score (nSPS) is 17.5. The topological polar surface area (TPSA) is 54.1 Å². The van der Waals surface area contributed by atoms with E-state index in [0.717, 1.165) is 52.4 Å². The third-order valence-electron chi connectivity index (χ3n) is 4.44. The zero-order valence-electron chi connectivity index (χ0n) is 14.4. The van der Waals surface area contributed by atoms with Crippen molar-refractivity contribution in [2.75, 3.05) is 45.9 Å². The molecular weight excluding hydrogens is 288 g/mol. The zero-order chi connectivity index (χ0) is 16.5. The summed E-state index contributed by atoms with van der Waals surface area (Å²) in [6.07, 6.45) is 1.00. The molecule has 1 aliphatic heterocycles. The van der Waals surface area contributed by atoms with E-state index in [1.54, 1.807) is 0 Å². The number of hydrogen-bond acceptors (Lipinski definition) is 3. The molecule has 23 heavy (non-hydrogen) atoms. The lowest BCUT2D eigenvalue weighted by Gasteiger charge is -2.30. The van der Waals surface area contributed by atoms with Crippen LogP contribution >= 0.6 is 0 Å². The maximum Gasteiger partial charge on any atom is 0.191 e. The number of guanidine groups is 1. The molecule has 5 heteroatoms. The Kier molecular flexibility index (Phi) is 7.36. The quantitative estimate of drug-likeness (QED) is 0.613. The molecule has 1 unspecified atom stereocenters. The second kappa shape index (κ2) is 9.53. The predicted molar refractivity (Wildman–Crippen MR) is 95.7 cm³/mol. The fourth-order valence-electron chi connectivity index (χ4n) is 3.03. The zero-order valence-corrected chi connectivity index (χ0v) is 14.4. The number of nitrogens with two attached hydrogens (primary N) is 1. The van der Waals surface area contributed by atoms with Gasteiger partial charge in [-0.15, -0.1) is 0 Å². The van der Waals surface area contributed by atoms with Crippen LogP contribution in [-0.4, -0.2) is 67.7 Å². The Morgan fingerprint density at radius 2 is 1.87 bits per heavy atom. The van der Waals surface area contributed by atoms with Crippen molar-refractivity contribution >= 4 is 5.96 Å². The van der Waals surface area contributed by atoms with Crippen LogP contribution in [0.3, 0.4) is 0 Å². The monoisotopic (exact) mass is 318 g/mol. The van der Waals surface area contributed by atoms with Gasteiger partial charge in [0.1, 0.15) is 0 Å². The summed E-state index contributed by atoms with van der Waals surface area (Å²) in [5.41, 5.74) is 7.53. The molecule has 1 aromatic rings. The number of hydrogen-bond donors (Lipinski definition) is 1. The summed E-state index contributed by atoms with van der Waals surface area (Å²) in [5, 5.41) is 0. The SMILES string of the molecule is CCN(CC)C(CN=C(N)N1CCOCC1)Cc1ccccc1. The van der Waals surface area contributed by atoms with Crippen molar-refractivity contribution in [3.63, 3.8) is 0 Å². The van der Waals surface area contributed by atoms with Gasteiger partial charge >= 0.3 is 0 Å². The van der Waals surface area contributed by atoms with Gasteiger partial charge < -0.3 is 15.4 Å². The van der Waals surface area contributed by atoms with Crippen LogP contribution in [0.1, 0.15) is 19.4 Å². The molecule has 0 bridgehead atoms. The summed E-state index contributed by atoms with van der Waals surface area (Å²) in [6, 6.07) is 11.0. The first-order chi connectivity index (χ1) is 11.2. The first-order valence-electron chi connectivity index (χ1n) is 8.65. The summed E-state index contributed by atoms with van der Waals surface area (Å²) in [7, 11) is 0. The molecule has 1 atom stereocenters. The second-order valence-electron chi connectivity index (χ2n) is 5.86. The Labute approximate surface area is 140 Å². The van der Waals surface area contributed by atoms with Crippen molar-refractivity contribution < 1.29 is 4.74 Å². The lowest BCUT2D eigenvalue weighted by molar-refractivity contribution is 0.0673. The van der Waals surface area contributed by atoms with Gasteiger partial charge in [-0.3, -0.25) is 9.89 Å². The molecule has 0 radical (unpaired) electrons. The van der Waals surface area contributed by atoms with Crippen molar-refractivity contribution in [2.24, 2.45) is 10.7 Å². The van der Waals surface area contributed by atoms with Crippen molar-refractivity contribution in [1.29, 1.82) is 0 Å². The van der Waals surface area contributed by atoms with Crippen LogP contribution in [0.4, 0.5) is 0 Å². The van der Waals surface area contributed by atoms with Crippen LogP contribution in [0.15, 0.2) is 35.3 Å². The molecule has 2 rings (SSSR count). The van der Waals surface area contributed by atoms with E-state index in [9.17, 15) is 0 Å². The molecule has 0 spiro atoms. The first kappa shape index (κ1) is 17.8. The third kappa shape index (κ3) is 5.52. The van der Waals surface area contributed by atoms with E-state index < -0.39 is 0 Å². The van der Waals surface area contributed by atoms with E-state index in [4.69, 9.17) is 10.5 Å². The lowest BCUT2D eigenvalue weighted by Crippen LogP contribution is -2.46. The van der Waals surface area contributed by atoms with Crippen LogP contribution in [0.5, 0.6) is 0 Å². The summed E-state index contributed by atoms with van der Waals surface area (Å²) in [6.45, 7) is 10.3. The Hall–Kier alpha value is -1.59. The summed E-state index contributed by atoms with van der Waals surface area (Å²) in [4.78, 5) is 9.26. The van der Waals surface area contributed by atoms with Crippen LogP contribution < -0.4 is 5.73 Å². The minimum absolute atomic E-state index is 0.381. The number of morpholine rings is 1. The van der Waals surface area contributed by atoms with Crippen molar-refractivity contribution in [3.8, 4) is 0 Å². The highest BCUT2D eigenvalue weighted by Crippen LogP contribution is 2.10. The lowest BCUT2D eigenvalue weighted by atomic mass is 10.0. The standard InChI is InChI=1S/C18H30N4O/c1-3-21(4-2)17(14-16-8-6-5-7-9-16)15-20-18(19)22-10-12-23-13-11-22/h5-9,17H,3-4,10-15H2,1-2H3,(H2,19,20). The molecule has 1 saturated heterocycles. The highest BCUT2D eigenvalue weighted by atomic mass is 16.5. The number of nitrogens with zero attached hydrogens (tertiary/aromatic N) is 3. The van der Waals surface area contributed by atoms with Gasteiger partial charge in [0.2, 0.25) is 0 Å². The Bertz CT molecular complexity index is 467. The first-order valence-corrected chi connectivity index (χ1v) is 8.65. The van der Waals surface area contributed by atoms with Gasteiger partial charge in [0.05, 0.1) is 19.8 Å². The second-order valence-corrected chi connectivity index (χ2v) is 5.86. The van der Waals surface area contributed by atoms with Gasteiger partial charge in [0, 0.05) is 19.1 Å². The molecule has 128 valence electrons. The summed E-state index contributed by atoms with van der Waals surface area (Å²) < 4.78 is 5.37. The van der Waals surface area contributed by atoms with E-state index in [2.05, 4.69) is 59.0 Å². The Morgan fingerprint density at radius 3 is 2.48 bits per heavy atom. The molecule has 1 heterocycles. The molecule has 5 nitrogen and oxygen atoms in total. The Balaban J connectivity index is 2.01. The van der Waals surface area contributed by atoms with Crippen molar-refractivity contribution in [3.05, 3.63) is 35.9 Å². The number of rotatable bonds is 7. The van der Waals surface area contributed by atoms with Gasteiger partial charge in [0.25, 0.3) is 0 Å². The molecular formula is C18H30N4O. The van der Waals surface area contributed by atoms with E-state index in [1.165, 1.54) is 5.56 Å². The van der Waals surface area contributed by atoms with E-state index in [0.29, 0.717) is 12.0 Å². The average Bonchev–Trinajstić information content (AvgIpc) is 2.62. The fraction of sp³-hybridized carbons (Fsp3) is 0.611. The van der Waals surface area contributed by atoms with E-state index in [1.807, 2.05) is 0 Å². The molecule has 1 aliphatic rings. The van der Waals surface area contributed by atoms with E-state index >= 15 is 0 Å². The minimum Gasteiger partial charge on any atom is -0.378 e. The van der Waals surface area contributed by atoms with Crippen LogP contribution in [0, 0.1) is 0 Å². The van der Waals surface area contributed by atoms with Crippen molar-refractivity contribution in [1.82, 2.24) is 9.80 Å². The fourth-order valence-corrected chi connectivity index (χ4v) is 3.03. The van der Waals surface area contributed by atoms with Gasteiger partial charge in [-0.1, -0.05) is 44.2 Å². The third-order valence-corrected chi connectivity index (χ3v) is 4.44. The maximum atomic E-state index is 6.18. The number of aliphatic imine (C=N–C) groups is 1. The molecule has 2 N–H and O–H groups in total. The predicted octanol–water partition coefficient (Wildman–Crippen LogP) is 1.59. The maximum absolute atomic E-state index is 6.18. The molecule has 0 aliphatic carbocycles. The smallest absolute Gasteiger partial charge is 0.191 e. The molecule has 1 aromatic carbocycles. The van der Waals surface area contributed by atoms with Crippen molar-refractivity contribution in [2.45, 2.75) is 26.3 Å². The van der Waals surface area contributed by atoms with Crippen LogP contribution in [0.25, 0.3) is 0 Å². The van der Waals surface area contributed by atoms with Crippen LogP contribution in [-0.2, 0) is 11.2 Å². The largest absolute Gasteiger partial charge is 0.378 e. The van der Waals surface area contributed by atoms with Gasteiger partial charge in [-0.25, -0.2) is 0 Å². The minimum atomic E-state index is 0.381. The summed E-state index contributed by atoms with van der Waals surface area (Å²) in [5.74, 6) is 0.651. The highest BCUT2D eigenvalue weighted by Gasteiger charge is 2.17. The summed E-state index contributed by atoms with van der Waals surface area (Å²) >= 11 is 0. The number of likely N-dealkylation sites (N-methyl/N-ethyl adjacent to an activating group) is 1. The molecule has 0 saturated carbocycles. The number of benzene rings is 1. The average molecular weight is 318 g/mol. The molecule has 1 fully saturated rings.